The number of nitrogens with two attached hydrogens (primary N) is 1. The van der Waals surface area contributed by atoms with Crippen LogP contribution in [0.1, 0.15) is 23.7 Å². The molecule has 0 saturated carbocycles. The number of carbonyl (C=O) groups excluding carboxylic acids is 1. The Morgan fingerprint density at radius 2 is 2.29 bits per heavy atom. The summed E-state index contributed by atoms with van der Waals surface area (Å²) in [6, 6.07) is 5.12. The molecule has 6 heteroatoms. The van der Waals surface area contributed by atoms with E-state index in [-0.39, 0.29) is 12.0 Å². The van der Waals surface area contributed by atoms with Gasteiger partial charge in [-0.05, 0) is 25.1 Å². The van der Waals surface area contributed by atoms with E-state index >= 15 is 0 Å². The summed E-state index contributed by atoms with van der Waals surface area (Å²) in [5.74, 6) is -0.0929. The van der Waals surface area contributed by atoms with Crippen molar-refractivity contribution in [3.63, 3.8) is 0 Å². The monoisotopic (exact) mass is 293 g/mol. The average Bonchev–Trinajstić information content (AvgIpc) is 2.76. The fourth-order valence-electron chi connectivity index (χ4n) is 2.37. The molecule has 2 atom stereocenters. The van der Waals surface area contributed by atoms with Gasteiger partial charge in [0.25, 0.3) is 5.91 Å². The number of anilines is 2. The van der Waals surface area contributed by atoms with E-state index in [0.717, 1.165) is 0 Å². The highest BCUT2D eigenvalue weighted by Gasteiger charge is 2.39. The lowest BCUT2D eigenvalue weighted by atomic mass is 9.96. The molecule has 1 saturated heterocycles. The number of nitrogen functional groups attached to an aromatic ring is 1. The van der Waals surface area contributed by atoms with Gasteiger partial charge in [-0.1, -0.05) is 0 Å². The molecule has 1 aliphatic rings. The van der Waals surface area contributed by atoms with Crippen LogP contribution in [-0.2, 0) is 4.74 Å². The lowest BCUT2D eigenvalue weighted by molar-refractivity contribution is -0.0175. The van der Waals surface area contributed by atoms with Gasteiger partial charge in [-0.15, -0.1) is 0 Å². The third-order valence-corrected chi connectivity index (χ3v) is 3.95. The van der Waals surface area contributed by atoms with Gasteiger partial charge in [-0.25, -0.2) is 0 Å². The second kappa shape index (κ2) is 5.91. The minimum atomic E-state index is -0.884. The van der Waals surface area contributed by atoms with Crippen molar-refractivity contribution < 1.29 is 14.6 Å². The first-order valence-electron chi connectivity index (χ1n) is 7.02. The Morgan fingerprint density at radius 3 is 2.81 bits per heavy atom. The van der Waals surface area contributed by atoms with Crippen LogP contribution in [0.4, 0.5) is 11.4 Å². The number of nitrogens with zero attached hydrogens (tertiary/aromatic N) is 1. The molecule has 6 nitrogen and oxygen atoms in total. The Bertz CT molecular complexity index is 533. The molecular formula is C15H23N3O3. The van der Waals surface area contributed by atoms with Crippen molar-refractivity contribution in [1.82, 2.24) is 4.90 Å². The second-order valence-electron chi connectivity index (χ2n) is 5.72. The fraction of sp³-hybridized carbons (Fsp3) is 0.533. The third-order valence-electron chi connectivity index (χ3n) is 3.95. The Labute approximate surface area is 124 Å². The molecule has 0 radical (unpaired) electrons. The van der Waals surface area contributed by atoms with Crippen molar-refractivity contribution in [1.29, 1.82) is 0 Å². The predicted molar refractivity (Wildman–Crippen MR) is 82.3 cm³/mol. The maximum Gasteiger partial charge on any atom is 0.253 e. The van der Waals surface area contributed by atoms with Gasteiger partial charge in [0, 0.05) is 39.2 Å². The zero-order chi connectivity index (χ0) is 15.6. The summed E-state index contributed by atoms with van der Waals surface area (Å²) in [6.07, 6.45) is 0.388. The van der Waals surface area contributed by atoms with E-state index in [4.69, 9.17) is 10.5 Å². The Morgan fingerprint density at radius 1 is 1.57 bits per heavy atom. The lowest BCUT2D eigenvalue weighted by Gasteiger charge is -2.27. The van der Waals surface area contributed by atoms with Crippen molar-refractivity contribution >= 4 is 17.3 Å². The van der Waals surface area contributed by atoms with Crippen molar-refractivity contribution in [2.45, 2.75) is 25.0 Å². The molecule has 1 aromatic rings. The number of benzene rings is 1. The van der Waals surface area contributed by atoms with Crippen LogP contribution in [0.15, 0.2) is 18.2 Å². The lowest BCUT2D eigenvalue weighted by Crippen LogP contribution is -2.43. The van der Waals surface area contributed by atoms with Crippen LogP contribution in [0.3, 0.4) is 0 Å². The summed E-state index contributed by atoms with van der Waals surface area (Å²) in [6.45, 7) is 2.78. The fourth-order valence-corrected chi connectivity index (χ4v) is 2.37. The summed E-state index contributed by atoms with van der Waals surface area (Å²) < 4.78 is 5.39. The minimum absolute atomic E-state index is 0.0929. The smallest absolute Gasteiger partial charge is 0.253 e. The van der Waals surface area contributed by atoms with Gasteiger partial charge in [0.15, 0.2) is 0 Å². The van der Waals surface area contributed by atoms with Crippen molar-refractivity contribution in [3.8, 4) is 0 Å². The van der Waals surface area contributed by atoms with Gasteiger partial charge in [-0.2, -0.15) is 0 Å². The first kappa shape index (κ1) is 15.6. The third kappa shape index (κ3) is 3.28. The van der Waals surface area contributed by atoms with Gasteiger partial charge in [0.1, 0.15) is 5.60 Å². The number of ether oxygens (including phenoxy) is 1. The quantitative estimate of drug-likeness (QED) is 0.719. The van der Waals surface area contributed by atoms with E-state index in [1.807, 2.05) is 6.92 Å². The SMILES string of the molecule is CC1OCCC1(O)CNc1ccc(C(=O)N(C)C)cc1N. The number of hydrogen-bond donors (Lipinski definition) is 3. The molecule has 116 valence electrons. The highest BCUT2D eigenvalue weighted by molar-refractivity contribution is 5.95. The molecule has 0 spiro atoms. The van der Waals surface area contributed by atoms with Crippen LogP contribution >= 0.6 is 0 Å². The maximum absolute atomic E-state index is 11.9. The van der Waals surface area contributed by atoms with Gasteiger partial charge in [0.05, 0.1) is 17.5 Å². The molecule has 1 aromatic carbocycles. The normalized spacial score (nSPS) is 24.9. The molecule has 1 fully saturated rings. The van der Waals surface area contributed by atoms with Crippen molar-refractivity contribution in [2.75, 3.05) is 38.3 Å². The van der Waals surface area contributed by atoms with E-state index in [9.17, 15) is 9.90 Å². The number of aliphatic hydroxyl groups is 1. The van der Waals surface area contributed by atoms with Crippen LogP contribution in [-0.4, -0.2) is 54.9 Å². The number of amides is 1. The molecule has 0 aliphatic carbocycles. The van der Waals surface area contributed by atoms with Gasteiger partial charge >= 0.3 is 0 Å². The number of nitrogens with one attached hydrogen (secondary N) is 1. The minimum Gasteiger partial charge on any atom is -0.397 e. The number of carbonyl (C=O) groups is 1. The van der Waals surface area contributed by atoms with Crippen LogP contribution in [0, 0.1) is 0 Å². The molecule has 0 aromatic heterocycles. The van der Waals surface area contributed by atoms with E-state index in [1.165, 1.54) is 4.90 Å². The number of rotatable bonds is 4. The van der Waals surface area contributed by atoms with Gasteiger partial charge in [-0.3, -0.25) is 4.79 Å². The maximum atomic E-state index is 11.9. The Hall–Kier alpha value is -1.79. The summed E-state index contributed by atoms with van der Waals surface area (Å²) in [5.41, 5.74) is 6.82. The molecule has 1 heterocycles. The average molecular weight is 293 g/mol. The summed E-state index contributed by atoms with van der Waals surface area (Å²) in [5, 5.41) is 13.6. The largest absolute Gasteiger partial charge is 0.397 e. The zero-order valence-corrected chi connectivity index (χ0v) is 12.7. The molecule has 0 bridgehead atoms. The summed E-state index contributed by atoms with van der Waals surface area (Å²) >= 11 is 0. The van der Waals surface area contributed by atoms with Crippen LogP contribution in [0.2, 0.25) is 0 Å². The zero-order valence-electron chi connectivity index (χ0n) is 12.7. The van der Waals surface area contributed by atoms with Crippen LogP contribution in [0.5, 0.6) is 0 Å². The Balaban J connectivity index is 2.06. The van der Waals surface area contributed by atoms with E-state index in [1.54, 1.807) is 32.3 Å². The second-order valence-corrected chi connectivity index (χ2v) is 5.72. The van der Waals surface area contributed by atoms with Gasteiger partial charge < -0.3 is 25.8 Å². The van der Waals surface area contributed by atoms with E-state index < -0.39 is 5.60 Å². The van der Waals surface area contributed by atoms with E-state index in [2.05, 4.69) is 5.32 Å². The van der Waals surface area contributed by atoms with Crippen LogP contribution in [0.25, 0.3) is 0 Å². The molecule has 21 heavy (non-hydrogen) atoms. The van der Waals surface area contributed by atoms with Crippen LogP contribution < -0.4 is 11.1 Å². The molecule has 2 unspecified atom stereocenters. The highest BCUT2D eigenvalue weighted by atomic mass is 16.5. The Kier molecular flexibility index (Phi) is 4.39. The first-order chi connectivity index (χ1) is 9.83. The molecule has 1 amide bonds. The predicted octanol–water partition coefficient (Wildman–Crippen LogP) is 0.922. The topological polar surface area (TPSA) is 87.8 Å². The molecular weight excluding hydrogens is 270 g/mol. The number of hydrogen-bond acceptors (Lipinski definition) is 5. The van der Waals surface area contributed by atoms with Crippen molar-refractivity contribution in [2.24, 2.45) is 0 Å². The molecule has 2 rings (SSSR count). The van der Waals surface area contributed by atoms with Gasteiger partial charge in [0.2, 0.25) is 0 Å². The van der Waals surface area contributed by atoms with Crippen molar-refractivity contribution in [3.05, 3.63) is 23.8 Å². The highest BCUT2D eigenvalue weighted by Crippen LogP contribution is 2.27. The molecule has 1 aliphatic heterocycles. The molecule has 4 N–H and O–H groups in total. The first-order valence-corrected chi connectivity index (χ1v) is 7.02. The van der Waals surface area contributed by atoms with E-state index in [0.29, 0.717) is 36.5 Å². The summed E-state index contributed by atoms with van der Waals surface area (Å²) in [4.78, 5) is 13.4. The summed E-state index contributed by atoms with van der Waals surface area (Å²) in [7, 11) is 3.39. The standard InChI is InChI=1S/C15H23N3O3/c1-10-15(20,6-7-21-10)9-17-13-5-4-11(8-12(13)16)14(19)18(2)3/h4-5,8,10,17,20H,6-7,9,16H2,1-3H3.